The Bertz CT molecular complexity index is 610. The molecular formula is C20H30N2O4. The third kappa shape index (κ3) is 5.13. The van der Waals surface area contributed by atoms with Crippen LogP contribution < -0.4 is 9.47 Å². The highest BCUT2D eigenvalue weighted by Gasteiger charge is 2.24. The summed E-state index contributed by atoms with van der Waals surface area (Å²) in [7, 11) is 0. The van der Waals surface area contributed by atoms with Crippen LogP contribution in [0.25, 0.3) is 0 Å². The summed E-state index contributed by atoms with van der Waals surface area (Å²) in [5.41, 5.74) is 0.593. The van der Waals surface area contributed by atoms with E-state index in [4.69, 9.17) is 9.47 Å². The molecule has 1 fully saturated rings. The second-order valence-corrected chi connectivity index (χ2v) is 6.38. The number of piperazine rings is 1. The van der Waals surface area contributed by atoms with Crippen molar-refractivity contribution in [1.29, 1.82) is 0 Å². The Morgan fingerprint density at radius 1 is 0.885 bits per heavy atom. The van der Waals surface area contributed by atoms with Gasteiger partial charge in [-0.15, -0.1) is 0 Å². The molecule has 2 rings (SSSR count). The Kier molecular flexibility index (Phi) is 7.75. The van der Waals surface area contributed by atoms with Crippen molar-refractivity contribution in [3.63, 3.8) is 0 Å². The zero-order valence-corrected chi connectivity index (χ0v) is 16.1. The molecule has 2 amide bonds. The SMILES string of the molecule is CCCOc1ccc(C(=O)N2CCN(C(=O)CC)CC2)cc1OCCC. The summed E-state index contributed by atoms with van der Waals surface area (Å²) < 4.78 is 11.5. The van der Waals surface area contributed by atoms with Crippen LogP contribution in [0.15, 0.2) is 18.2 Å². The monoisotopic (exact) mass is 362 g/mol. The van der Waals surface area contributed by atoms with Gasteiger partial charge in [0.15, 0.2) is 11.5 Å². The average molecular weight is 362 g/mol. The van der Waals surface area contributed by atoms with Gasteiger partial charge in [0.2, 0.25) is 5.91 Å². The molecule has 0 saturated carbocycles. The number of carbonyl (C=O) groups excluding carboxylic acids is 2. The molecule has 0 bridgehead atoms. The molecule has 0 radical (unpaired) electrons. The molecule has 0 aliphatic carbocycles. The van der Waals surface area contributed by atoms with E-state index < -0.39 is 0 Å². The number of hydrogen-bond donors (Lipinski definition) is 0. The Hall–Kier alpha value is -2.24. The van der Waals surface area contributed by atoms with Gasteiger partial charge in [-0.25, -0.2) is 0 Å². The third-order valence-corrected chi connectivity index (χ3v) is 4.34. The number of rotatable bonds is 8. The van der Waals surface area contributed by atoms with Crippen LogP contribution in [0, 0.1) is 0 Å². The third-order valence-electron chi connectivity index (χ3n) is 4.34. The predicted molar refractivity (Wildman–Crippen MR) is 101 cm³/mol. The minimum atomic E-state index is -0.0306. The zero-order chi connectivity index (χ0) is 18.9. The molecule has 1 saturated heterocycles. The van der Waals surface area contributed by atoms with Crippen molar-refractivity contribution >= 4 is 11.8 Å². The van der Waals surface area contributed by atoms with E-state index in [0.717, 1.165) is 12.8 Å². The first-order valence-electron chi connectivity index (χ1n) is 9.57. The van der Waals surface area contributed by atoms with E-state index >= 15 is 0 Å². The fourth-order valence-corrected chi connectivity index (χ4v) is 2.86. The van der Waals surface area contributed by atoms with Crippen molar-refractivity contribution in [3.8, 4) is 11.5 Å². The van der Waals surface area contributed by atoms with Crippen LogP contribution in [0.5, 0.6) is 11.5 Å². The molecule has 1 aromatic rings. The molecule has 26 heavy (non-hydrogen) atoms. The first-order chi connectivity index (χ1) is 12.6. The molecule has 0 unspecified atom stereocenters. The zero-order valence-electron chi connectivity index (χ0n) is 16.1. The summed E-state index contributed by atoms with van der Waals surface area (Å²) in [5.74, 6) is 1.41. The van der Waals surface area contributed by atoms with Crippen LogP contribution in [-0.4, -0.2) is 61.0 Å². The van der Waals surface area contributed by atoms with E-state index in [1.807, 2.05) is 31.7 Å². The maximum absolute atomic E-state index is 12.8. The highest BCUT2D eigenvalue weighted by Crippen LogP contribution is 2.29. The molecule has 0 spiro atoms. The van der Waals surface area contributed by atoms with Crippen LogP contribution >= 0.6 is 0 Å². The largest absolute Gasteiger partial charge is 0.490 e. The lowest BCUT2D eigenvalue weighted by Crippen LogP contribution is -2.50. The molecule has 1 aliphatic rings. The average Bonchev–Trinajstić information content (AvgIpc) is 2.69. The van der Waals surface area contributed by atoms with E-state index in [1.165, 1.54) is 0 Å². The van der Waals surface area contributed by atoms with Crippen LogP contribution in [0.1, 0.15) is 50.4 Å². The van der Waals surface area contributed by atoms with Gasteiger partial charge in [0.05, 0.1) is 13.2 Å². The molecule has 0 aromatic heterocycles. The van der Waals surface area contributed by atoms with Crippen LogP contribution in [0.2, 0.25) is 0 Å². The van der Waals surface area contributed by atoms with Crippen molar-refractivity contribution < 1.29 is 19.1 Å². The normalized spacial score (nSPS) is 14.3. The van der Waals surface area contributed by atoms with Crippen molar-refractivity contribution in [2.24, 2.45) is 0 Å². The van der Waals surface area contributed by atoms with Crippen molar-refractivity contribution in [1.82, 2.24) is 9.80 Å². The molecule has 6 heteroatoms. The molecule has 0 N–H and O–H groups in total. The second kappa shape index (κ2) is 10.0. The van der Waals surface area contributed by atoms with Gasteiger partial charge in [-0.05, 0) is 31.0 Å². The minimum Gasteiger partial charge on any atom is -0.490 e. The fraction of sp³-hybridized carbons (Fsp3) is 0.600. The lowest BCUT2D eigenvalue weighted by atomic mass is 10.1. The van der Waals surface area contributed by atoms with Crippen molar-refractivity contribution in [2.75, 3.05) is 39.4 Å². The number of nitrogens with zero attached hydrogens (tertiary/aromatic N) is 2. The summed E-state index contributed by atoms with van der Waals surface area (Å²) in [4.78, 5) is 28.2. The van der Waals surface area contributed by atoms with Gasteiger partial charge in [-0.2, -0.15) is 0 Å². The second-order valence-electron chi connectivity index (χ2n) is 6.38. The smallest absolute Gasteiger partial charge is 0.254 e. The number of amides is 2. The Balaban J connectivity index is 2.07. The van der Waals surface area contributed by atoms with Crippen LogP contribution in [0.3, 0.4) is 0 Å². The van der Waals surface area contributed by atoms with Crippen molar-refractivity contribution in [2.45, 2.75) is 40.0 Å². The molecule has 1 heterocycles. The van der Waals surface area contributed by atoms with E-state index in [-0.39, 0.29) is 11.8 Å². The Labute approximate surface area is 156 Å². The van der Waals surface area contributed by atoms with Gasteiger partial charge >= 0.3 is 0 Å². The molecule has 6 nitrogen and oxygen atoms in total. The first-order valence-corrected chi connectivity index (χ1v) is 9.57. The van der Waals surface area contributed by atoms with Gasteiger partial charge < -0.3 is 19.3 Å². The number of benzene rings is 1. The maximum atomic E-state index is 12.8. The molecule has 144 valence electrons. The minimum absolute atomic E-state index is 0.0306. The summed E-state index contributed by atoms with van der Waals surface area (Å²) >= 11 is 0. The van der Waals surface area contributed by atoms with Gasteiger partial charge in [0.1, 0.15) is 0 Å². The van der Waals surface area contributed by atoms with Crippen molar-refractivity contribution in [3.05, 3.63) is 23.8 Å². The predicted octanol–water partition coefficient (Wildman–Crippen LogP) is 2.96. The van der Waals surface area contributed by atoms with Crippen LogP contribution in [-0.2, 0) is 4.79 Å². The van der Waals surface area contributed by atoms with E-state index in [2.05, 4.69) is 0 Å². The lowest BCUT2D eigenvalue weighted by Gasteiger charge is -2.34. The standard InChI is InChI=1S/C20H30N2O4/c1-4-13-25-17-8-7-16(15-18(17)26-14-5-2)20(24)22-11-9-21(10-12-22)19(23)6-3/h7-8,15H,4-6,9-14H2,1-3H3. The highest BCUT2D eigenvalue weighted by molar-refractivity contribution is 5.95. The molecule has 1 aromatic carbocycles. The number of ether oxygens (including phenoxy) is 2. The molecule has 0 atom stereocenters. The number of carbonyl (C=O) groups is 2. The number of hydrogen-bond acceptors (Lipinski definition) is 4. The summed E-state index contributed by atoms with van der Waals surface area (Å²) in [6.07, 6.45) is 2.30. The topological polar surface area (TPSA) is 59.1 Å². The summed E-state index contributed by atoms with van der Waals surface area (Å²) in [6.45, 7) is 9.45. The fourth-order valence-electron chi connectivity index (χ4n) is 2.86. The molecule has 1 aliphatic heterocycles. The summed E-state index contributed by atoms with van der Waals surface area (Å²) in [5, 5.41) is 0. The first kappa shape index (κ1) is 20.1. The van der Waals surface area contributed by atoms with Gasteiger partial charge in [0, 0.05) is 38.2 Å². The quantitative estimate of drug-likeness (QED) is 0.713. The van der Waals surface area contributed by atoms with Gasteiger partial charge in [0.25, 0.3) is 5.91 Å². The van der Waals surface area contributed by atoms with E-state index in [1.54, 1.807) is 17.0 Å². The van der Waals surface area contributed by atoms with E-state index in [0.29, 0.717) is 62.9 Å². The van der Waals surface area contributed by atoms with Gasteiger partial charge in [-0.3, -0.25) is 9.59 Å². The van der Waals surface area contributed by atoms with E-state index in [9.17, 15) is 9.59 Å². The Morgan fingerprint density at radius 3 is 2.04 bits per heavy atom. The Morgan fingerprint density at radius 2 is 1.46 bits per heavy atom. The van der Waals surface area contributed by atoms with Gasteiger partial charge in [-0.1, -0.05) is 20.8 Å². The van der Waals surface area contributed by atoms with Crippen LogP contribution in [0.4, 0.5) is 0 Å². The summed E-state index contributed by atoms with van der Waals surface area (Å²) in [6, 6.07) is 5.37. The highest BCUT2D eigenvalue weighted by atomic mass is 16.5. The lowest BCUT2D eigenvalue weighted by molar-refractivity contribution is -0.132. The maximum Gasteiger partial charge on any atom is 0.254 e. The molecular weight excluding hydrogens is 332 g/mol.